The second-order valence-electron chi connectivity index (χ2n) is 5.94. The van der Waals surface area contributed by atoms with Gasteiger partial charge < -0.3 is 5.11 Å². The van der Waals surface area contributed by atoms with E-state index in [9.17, 15) is 18.3 Å². The van der Waals surface area contributed by atoms with Gasteiger partial charge in [-0.15, -0.1) is 0 Å². The second kappa shape index (κ2) is 9.39. The zero-order chi connectivity index (χ0) is 18.4. The largest absolute Gasteiger partial charge is 0.416 e. The van der Waals surface area contributed by atoms with Gasteiger partial charge in [0.25, 0.3) is 0 Å². The van der Waals surface area contributed by atoms with Gasteiger partial charge in [-0.3, -0.25) is 0 Å². The average Bonchev–Trinajstić information content (AvgIpc) is 2.56. The summed E-state index contributed by atoms with van der Waals surface area (Å²) < 4.78 is 39.2. The molecule has 6 heteroatoms. The summed E-state index contributed by atoms with van der Waals surface area (Å²) in [4.78, 5) is 0. The maximum atomic E-state index is 12.7. The van der Waals surface area contributed by atoms with E-state index in [2.05, 4.69) is 45.7 Å². The lowest BCUT2D eigenvalue weighted by Crippen LogP contribution is -2.29. The molecule has 1 rings (SSSR count). The van der Waals surface area contributed by atoms with Crippen LogP contribution in [-0.4, -0.2) is 10.7 Å². The molecule has 0 bridgehead atoms. The Morgan fingerprint density at radius 3 is 1.79 bits per heavy atom. The molecule has 0 saturated heterocycles. The fourth-order valence-corrected chi connectivity index (χ4v) is 3.68. The van der Waals surface area contributed by atoms with Crippen molar-refractivity contribution >= 4 is 36.3 Å². The standard InChI is InChI=1S/C18H23Br2F3O/c1-3-5-11-17(24,12-6-4-2)16(20)15(19)13-7-9-14(10-8-13)18(21,22)23/h7-10,24H,3-6,11-12H2,1-2H3/b16-15+. The highest BCUT2D eigenvalue weighted by atomic mass is 79.9. The SMILES string of the molecule is CCCCC(O)(CCCC)/C(Br)=C(\Br)c1ccc(C(F)(F)F)cc1. The summed E-state index contributed by atoms with van der Waals surface area (Å²) in [5.41, 5.74) is -1.09. The Kier molecular flexibility index (Phi) is 8.50. The van der Waals surface area contributed by atoms with Crippen LogP contribution < -0.4 is 0 Å². The minimum atomic E-state index is -4.35. The van der Waals surface area contributed by atoms with Gasteiger partial charge in [0.15, 0.2) is 0 Å². The lowest BCUT2D eigenvalue weighted by molar-refractivity contribution is -0.137. The van der Waals surface area contributed by atoms with Gasteiger partial charge in [-0.2, -0.15) is 13.2 Å². The molecule has 0 heterocycles. The zero-order valence-corrected chi connectivity index (χ0v) is 17.1. The molecule has 1 N–H and O–H groups in total. The summed E-state index contributed by atoms with van der Waals surface area (Å²) in [6, 6.07) is 4.92. The first-order chi connectivity index (χ1) is 11.2. The van der Waals surface area contributed by atoms with Gasteiger partial charge >= 0.3 is 6.18 Å². The number of benzene rings is 1. The number of unbranched alkanes of at least 4 members (excludes halogenated alkanes) is 2. The van der Waals surface area contributed by atoms with E-state index in [1.807, 2.05) is 0 Å². The van der Waals surface area contributed by atoms with Gasteiger partial charge in [0, 0.05) is 8.96 Å². The predicted octanol–water partition coefficient (Wildman–Crippen LogP) is 7.28. The van der Waals surface area contributed by atoms with Crippen molar-refractivity contribution in [1.82, 2.24) is 0 Å². The van der Waals surface area contributed by atoms with E-state index in [0.717, 1.165) is 37.8 Å². The normalized spacial score (nSPS) is 13.8. The van der Waals surface area contributed by atoms with Gasteiger partial charge in [-0.05, 0) is 46.5 Å². The van der Waals surface area contributed by atoms with Crippen LogP contribution in [0.5, 0.6) is 0 Å². The zero-order valence-electron chi connectivity index (χ0n) is 13.9. The Morgan fingerprint density at radius 1 is 0.958 bits per heavy atom. The first-order valence-electron chi connectivity index (χ1n) is 8.11. The van der Waals surface area contributed by atoms with Crippen LogP contribution in [0.1, 0.15) is 63.5 Å². The van der Waals surface area contributed by atoms with Crippen molar-refractivity contribution in [1.29, 1.82) is 0 Å². The Balaban J connectivity index is 3.14. The van der Waals surface area contributed by atoms with Crippen molar-refractivity contribution in [2.75, 3.05) is 0 Å². The molecular weight excluding hydrogens is 449 g/mol. The van der Waals surface area contributed by atoms with Crippen LogP contribution in [0.15, 0.2) is 28.7 Å². The smallest absolute Gasteiger partial charge is 0.385 e. The Morgan fingerprint density at radius 2 is 1.42 bits per heavy atom. The van der Waals surface area contributed by atoms with Crippen LogP contribution >= 0.6 is 31.9 Å². The number of aliphatic hydroxyl groups is 1. The van der Waals surface area contributed by atoms with E-state index in [4.69, 9.17) is 0 Å². The van der Waals surface area contributed by atoms with Crippen molar-refractivity contribution in [3.63, 3.8) is 0 Å². The van der Waals surface area contributed by atoms with Crippen LogP contribution in [0.2, 0.25) is 0 Å². The Bertz CT molecular complexity index is 542. The van der Waals surface area contributed by atoms with Crippen molar-refractivity contribution in [2.24, 2.45) is 0 Å². The number of halogens is 5. The minimum absolute atomic E-state index is 0.589. The molecule has 0 fully saturated rings. The summed E-state index contributed by atoms with van der Waals surface area (Å²) in [6.07, 6.45) is 0.555. The van der Waals surface area contributed by atoms with E-state index >= 15 is 0 Å². The third-order valence-corrected chi connectivity index (χ3v) is 6.48. The van der Waals surface area contributed by atoms with Gasteiger partial charge in [0.05, 0.1) is 11.2 Å². The Hall–Kier alpha value is -0.330. The molecule has 1 nitrogen and oxygen atoms in total. The highest BCUT2D eigenvalue weighted by Gasteiger charge is 2.32. The van der Waals surface area contributed by atoms with Crippen LogP contribution in [-0.2, 0) is 6.18 Å². The van der Waals surface area contributed by atoms with Crippen molar-refractivity contribution in [3.05, 3.63) is 39.9 Å². The molecular formula is C18H23Br2F3O. The molecule has 0 atom stereocenters. The van der Waals surface area contributed by atoms with Crippen LogP contribution in [0.3, 0.4) is 0 Å². The maximum absolute atomic E-state index is 12.7. The van der Waals surface area contributed by atoms with E-state index in [1.54, 1.807) is 0 Å². The van der Waals surface area contributed by atoms with Crippen molar-refractivity contribution in [3.8, 4) is 0 Å². The topological polar surface area (TPSA) is 20.2 Å². The van der Waals surface area contributed by atoms with Crippen molar-refractivity contribution in [2.45, 2.75) is 64.1 Å². The molecule has 24 heavy (non-hydrogen) atoms. The highest BCUT2D eigenvalue weighted by Crippen LogP contribution is 2.41. The fraction of sp³-hybridized carbons (Fsp3) is 0.556. The second-order valence-corrected chi connectivity index (χ2v) is 7.53. The molecule has 0 amide bonds. The molecule has 0 aromatic heterocycles. The molecule has 0 aliphatic heterocycles. The first kappa shape index (κ1) is 21.7. The molecule has 136 valence electrons. The summed E-state index contributed by atoms with van der Waals surface area (Å²) in [5, 5.41) is 11.0. The molecule has 0 unspecified atom stereocenters. The lowest BCUT2D eigenvalue weighted by Gasteiger charge is -2.29. The minimum Gasteiger partial charge on any atom is -0.385 e. The molecule has 0 aliphatic carbocycles. The third-order valence-electron chi connectivity index (χ3n) is 3.95. The van der Waals surface area contributed by atoms with E-state index in [0.29, 0.717) is 27.4 Å². The summed E-state index contributed by atoms with van der Waals surface area (Å²) in [5.74, 6) is 0. The molecule has 0 aliphatic rings. The monoisotopic (exact) mass is 470 g/mol. The van der Waals surface area contributed by atoms with Gasteiger partial charge in [0.2, 0.25) is 0 Å². The molecule has 1 aromatic rings. The van der Waals surface area contributed by atoms with E-state index in [1.165, 1.54) is 12.1 Å². The van der Waals surface area contributed by atoms with Crippen LogP contribution in [0.25, 0.3) is 4.48 Å². The predicted molar refractivity (Wildman–Crippen MR) is 100 cm³/mol. The first-order valence-corrected chi connectivity index (χ1v) is 9.70. The maximum Gasteiger partial charge on any atom is 0.416 e. The lowest BCUT2D eigenvalue weighted by atomic mass is 9.89. The van der Waals surface area contributed by atoms with Gasteiger partial charge in [-0.25, -0.2) is 0 Å². The van der Waals surface area contributed by atoms with Crippen molar-refractivity contribution < 1.29 is 18.3 Å². The third kappa shape index (κ3) is 5.88. The molecule has 0 saturated carbocycles. The van der Waals surface area contributed by atoms with Crippen LogP contribution in [0, 0.1) is 0 Å². The number of hydrogen-bond acceptors (Lipinski definition) is 1. The van der Waals surface area contributed by atoms with Gasteiger partial charge in [0.1, 0.15) is 0 Å². The number of alkyl halides is 3. The Labute approximate surface area is 158 Å². The highest BCUT2D eigenvalue weighted by molar-refractivity contribution is 9.16. The summed E-state index contributed by atoms with van der Waals surface area (Å²) in [6.45, 7) is 4.12. The molecule has 0 spiro atoms. The quantitative estimate of drug-likeness (QED) is 0.422. The molecule has 0 radical (unpaired) electrons. The van der Waals surface area contributed by atoms with Gasteiger partial charge in [-0.1, -0.05) is 67.6 Å². The van der Waals surface area contributed by atoms with E-state index in [-0.39, 0.29) is 0 Å². The summed E-state index contributed by atoms with van der Waals surface area (Å²) >= 11 is 6.92. The van der Waals surface area contributed by atoms with Crippen LogP contribution in [0.4, 0.5) is 13.2 Å². The summed E-state index contributed by atoms with van der Waals surface area (Å²) in [7, 11) is 0. The number of rotatable bonds is 8. The van der Waals surface area contributed by atoms with E-state index < -0.39 is 17.3 Å². The average molecular weight is 472 g/mol. The molecule has 1 aromatic carbocycles. The number of hydrogen-bond donors (Lipinski definition) is 1. The fourth-order valence-electron chi connectivity index (χ4n) is 2.42.